The molecule has 9 heteroatoms. The van der Waals surface area contributed by atoms with E-state index in [0.717, 1.165) is 24.8 Å². The second-order valence-corrected chi connectivity index (χ2v) is 11.1. The van der Waals surface area contributed by atoms with Crippen LogP contribution in [-0.2, 0) is 16.0 Å². The maximum absolute atomic E-state index is 13.8. The van der Waals surface area contributed by atoms with Crippen molar-refractivity contribution in [2.24, 2.45) is 0 Å². The normalized spacial score (nSPS) is 18.9. The molecule has 0 radical (unpaired) electrons. The molecule has 37 heavy (non-hydrogen) atoms. The Morgan fingerprint density at radius 3 is 2.70 bits per heavy atom. The molecule has 0 bridgehead atoms. The number of carbonyl (C=O) groups is 2. The van der Waals surface area contributed by atoms with E-state index in [2.05, 4.69) is 11.4 Å². The number of carbonyl (C=O) groups excluding carboxylic acids is 2. The van der Waals surface area contributed by atoms with Gasteiger partial charge in [-0.25, -0.2) is 0 Å². The monoisotopic (exact) mass is 558 g/mol. The standard InChI is InChI=1S/C28H28Cl2N2O4S/c29-20-6-8-22(9-7-20)36-18-25-24-11-14-37-26(24)10-12-32(25)27(33)17-31(16-23-5-2-13-35-23)28(34)19-3-1-4-21(30)15-19/h1,3-4,6-9,11,14-15,23,25H,2,5,10,12-13,16-18H2. The van der Waals surface area contributed by atoms with Crippen LogP contribution in [0.1, 0.15) is 39.7 Å². The lowest BCUT2D eigenvalue weighted by molar-refractivity contribution is -0.135. The summed E-state index contributed by atoms with van der Waals surface area (Å²) in [5, 5.41) is 3.17. The van der Waals surface area contributed by atoms with Crippen molar-refractivity contribution >= 4 is 46.4 Å². The number of benzene rings is 2. The van der Waals surface area contributed by atoms with Crippen molar-refractivity contribution in [1.29, 1.82) is 0 Å². The first-order valence-corrected chi connectivity index (χ1v) is 14.0. The number of ether oxygens (including phenoxy) is 2. The quantitative estimate of drug-likeness (QED) is 0.346. The first-order valence-electron chi connectivity index (χ1n) is 12.4. The SMILES string of the molecule is O=C(c1cccc(Cl)c1)N(CC(=O)N1CCc2sccc2C1COc1ccc(Cl)cc1)CC1CCCO1. The largest absolute Gasteiger partial charge is 0.491 e. The summed E-state index contributed by atoms with van der Waals surface area (Å²) in [6.07, 6.45) is 2.52. The lowest BCUT2D eigenvalue weighted by Gasteiger charge is -2.37. The van der Waals surface area contributed by atoms with Gasteiger partial charge >= 0.3 is 0 Å². The Morgan fingerprint density at radius 2 is 1.95 bits per heavy atom. The Hall–Kier alpha value is -2.58. The van der Waals surface area contributed by atoms with E-state index in [1.54, 1.807) is 52.6 Å². The molecule has 3 aromatic rings. The van der Waals surface area contributed by atoms with Gasteiger partial charge in [-0.2, -0.15) is 0 Å². The summed E-state index contributed by atoms with van der Waals surface area (Å²) in [7, 11) is 0. The molecule has 2 unspecified atom stereocenters. The molecule has 194 valence electrons. The number of halogens is 2. The van der Waals surface area contributed by atoms with E-state index in [0.29, 0.717) is 47.7 Å². The number of nitrogens with zero attached hydrogens (tertiary/aromatic N) is 2. The topological polar surface area (TPSA) is 59.1 Å². The van der Waals surface area contributed by atoms with E-state index < -0.39 is 0 Å². The van der Waals surface area contributed by atoms with Crippen LogP contribution in [0.15, 0.2) is 60.0 Å². The Labute approximate surface area is 230 Å². The van der Waals surface area contributed by atoms with Gasteiger partial charge < -0.3 is 19.3 Å². The first kappa shape index (κ1) is 26.0. The number of fused-ring (bicyclic) bond motifs is 1. The van der Waals surface area contributed by atoms with Gasteiger partial charge in [0.05, 0.1) is 12.1 Å². The van der Waals surface area contributed by atoms with E-state index in [-0.39, 0.29) is 30.5 Å². The van der Waals surface area contributed by atoms with Crippen LogP contribution in [0, 0.1) is 0 Å². The van der Waals surface area contributed by atoms with E-state index >= 15 is 0 Å². The van der Waals surface area contributed by atoms with E-state index in [4.69, 9.17) is 32.7 Å². The van der Waals surface area contributed by atoms with Gasteiger partial charge in [-0.15, -0.1) is 11.3 Å². The van der Waals surface area contributed by atoms with Gasteiger partial charge in [0.1, 0.15) is 18.9 Å². The Bertz CT molecular complexity index is 1240. The molecule has 1 saturated heterocycles. The van der Waals surface area contributed by atoms with Gasteiger partial charge in [0.2, 0.25) is 5.91 Å². The summed E-state index contributed by atoms with van der Waals surface area (Å²) in [6.45, 7) is 1.88. The molecule has 0 spiro atoms. The van der Waals surface area contributed by atoms with Crippen molar-refractivity contribution in [3.63, 3.8) is 0 Å². The molecule has 1 aromatic heterocycles. The summed E-state index contributed by atoms with van der Waals surface area (Å²) in [6, 6.07) is 15.8. The van der Waals surface area contributed by atoms with Crippen LogP contribution < -0.4 is 4.74 Å². The van der Waals surface area contributed by atoms with Crippen molar-refractivity contribution in [2.75, 3.05) is 32.8 Å². The number of thiophene rings is 1. The number of hydrogen-bond acceptors (Lipinski definition) is 5. The van der Waals surface area contributed by atoms with Crippen LogP contribution in [0.5, 0.6) is 5.75 Å². The first-order chi connectivity index (χ1) is 18.0. The van der Waals surface area contributed by atoms with Crippen molar-refractivity contribution < 1.29 is 19.1 Å². The van der Waals surface area contributed by atoms with Gasteiger partial charge in [0.25, 0.3) is 5.91 Å². The molecule has 0 aliphatic carbocycles. The molecule has 0 N–H and O–H groups in total. The second-order valence-electron chi connectivity index (χ2n) is 9.25. The van der Waals surface area contributed by atoms with Crippen LogP contribution in [-0.4, -0.2) is 60.6 Å². The summed E-state index contributed by atoms with van der Waals surface area (Å²) in [5.74, 6) is 0.346. The third-order valence-corrected chi connectivity index (χ3v) is 8.25. The van der Waals surface area contributed by atoms with E-state index in [1.807, 2.05) is 17.0 Å². The highest BCUT2D eigenvalue weighted by Crippen LogP contribution is 2.34. The zero-order valence-corrected chi connectivity index (χ0v) is 22.6. The average molecular weight is 560 g/mol. The van der Waals surface area contributed by atoms with E-state index in [1.165, 1.54) is 4.88 Å². The molecule has 2 atom stereocenters. The van der Waals surface area contributed by atoms with Crippen LogP contribution >= 0.6 is 34.5 Å². The number of hydrogen-bond donors (Lipinski definition) is 0. The molecule has 2 aliphatic heterocycles. The fourth-order valence-electron chi connectivity index (χ4n) is 4.89. The molecule has 0 saturated carbocycles. The third kappa shape index (κ3) is 6.29. The summed E-state index contributed by atoms with van der Waals surface area (Å²) >= 11 is 13.9. The van der Waals surface area contributed by atoms with Crippen molar-refractivity contribution in [3.8, 4) is 5.75 Å². The highest BCUT2D eigenvalue weighted by atomic mass is 35.5. The predicted octanol–water partition coefficient (Wildman–Crippen LogP) is 5.88. The molecular weight excluding hydrogens is 531 g/mol. The summed E-state index contributed by atoms with van der Waals surface area (Å²) < 4.78 is 11.9. The summed E-state index contributed by atoms with van der Waals surface area (Å²) in [5.41, 5.74) is 1.56. The minimum atomic E-state index is -0.246. The van der Waals surface area contributed by atoms with Gasteiger partial charge in [-0.1, -0.05) is 29.3 Å². The summed E-state index contributed by atoms with van der Waals surface area (Å²) in [4.78, 5) is 32.0. The zero-order valence-electron chi connectivity index (χ0n) is 20.3. The Kier molecular flexibility index (Phi) is 8.35. The highest BCUT2D eigenvalue weighted by molar-refractivity contribution is 7.10. The maximum atomic E-state index is 13.8. The lowest BCUT2D eigenvalue weighted by atomic mass is 10.00. The third-order valence-electron chi connectivity index (χ3n) is 6.77. The van der Waals surface area contributed by atoms with Gasteiger partial charge in [-0.05, 0) is 78.7 Å². The maximum Gasteiger partial charge on any atom is 0.254 e. The number of rotatable bonds is 8. The molecule has 5 rings (SSSR count). The smallest absolute Gasteiger partial charge is 0.254 e. The van der Waals surface area contributed by atoms with Gasteiger partial charge in [-0.3, -0.25) is 9.59 Å². The fourth-order valence-corrected chi connectivity index (χ4v) is 6.14. The fraction of sp³-hybridized carbons (Fsp3) is 0.357. The average Bonchev–Trinajstić information content (AvgIpc) is 3.59. The molecule has 2 amide bonds. The molecule has 3 heterocycles. The van der Waals surface area contributed by atoms with Crippen molar-refractivity contribution in [1.82, 2.24) is 9.80 Å². The molecule has 6 nitrogen and oxygen atoms in total. The molecule has 2 aromatic carbocycles. The van der Waals surface area contributed by atoms with Gasteiger partial charge in [0, 0.05) is 40.2 Å². The zero-order chi connectivity index (χ0) is 25.8. The van der Waals surface area contributed by atoms with Crippen LogP contribution in [0.25, 0.3) is 0 Å². The lowest BCUT2D eigenvalue weighted by Crippen LogP contribution is -2.49. The van der Waals surface area contributed by atoms with Crippen LogP contribution in [0.3, 0.4) is 0 Å². The highest BCUT2D eigenvalue weighted by Gasteiger charge is 2.34. The minimum absolute atomic E-state index is 0.0396. The second kappa shape index (κ2) is 11.9. The molecular formula is C28H28Cl2N2O4S. The Balaban J connectivity index is 1.35. The number of amides is 2. The van der Waals surface area contributed by atoms with Crippen LogP contribution in [0.2, 0.25) is 10.0 Å². The van der Waals surface area contributed by atoms with Gasteiger partial charge in [0.15, 0.2) is 0 Å². The minimum Gasteiger partial charge on any atom is -0.491 e. The Morgan fingerprint density at radius 1 is 1.11 bits per heavy atom. The van der Waals surface area contributed by atoms with Crippen LogP contribution in [0.4, 0.5) is 0 Å². The predicted molar refractivity (Wildman–Crippen MR) is 146 cm³/mol. The molecule has 2 aliphatic rings. The van der Waals surface area contributed by atoms with E-state index in [9.17, 15) is 9.59 Å². The molecule has 1 fully saturated rings. The van der Waals surface area contributed by atoms with Crippen molar-refractivity contribution in [3.05, 3.63) is 86.0 Å². The van der Waals surface area contributed by atoms with Crippen molar-refractivity contribution in [2.45, 2.75) is 31.4 Å².